The predicted octanol–water partition coefficient (Wildman–Crippen LogP) is 3.26. The third kappa shape index (κ3) is 4.10. The SMILES string of the molecule is CCO/N=C(\CC)C1=C(O)CC(c2nccc(SC)n2)CC1=O. The largest absolute Gasteiger partial charge is 0.511 e. The van der Waals surface area contributed by atoms with Crippen LogP contribution in [-0.4, -0.2) is 39.4 Å². The smallest absolute Gasteiger partial charge is 0.168 e. The van der Waals surface area contributed by atoms with Crippen LogP contribution in [0.25, 0.3) is 0 Å². The van der Waals surface area contributed by atoms with Crippen LogP contribution in [0.3, 0.4) is 0 Å². The molecule has 1 aromatic heterocycles. The third-order valence-corrected chi connectivity index (χ3v) is 4.23. The van der Waals surface area contributed by atoms with Crippen molar-refractivity contribution in [3.05, 3.63) is 29.4 Å². The molecule has 1 heterocycles. The Hall–Kier alpha value is -1.89. The standard InChI is InChI=1S/C16H21N3O3S/c1-4-11(19-22-5-2)15-12(20)8-10(9-13(15)21)16-17-7-6-14(18-16)23-3/h6-7,10,20H,4-5,8-9H2,1-3H3/b19-11+. The third-order valence-electron chi connectivity index (χ3n) is 3.59. The summed E-state index contributed by atoms with van der Waals surface area (Å²) in [7, 11) is 0. The van der Waals surface area contributed by atoms with Gasteiger partial charge in [-0.15, -0.1) is 11.8 Å². The van der Waals surface area contributed by atoms with Gasteiger partial charge in [-0.2, -0.15) is 0 Å². The van der Waals surface area contributed by atoms with Gasteiger partial charge in [0.05, 0.1) is 16.3 Å². The number of aliphatic hydroxyl groups excluding tert-OH is 1. The zero-order chi connectivity index (χ0) is 16.8. The number of aliphatic hydroxyl groups is 1. The number of carbonyl (C=O) groups excluding carboxylic acids is 1. The molecule has 0 spiro atoms. The van der Waals surface area contributed by atoms with Gasteiger partial charge in [0.2, 0.25) is 0 Å². The van der Waals surface area contributed by atoms with E-state index in [1.165, 1.54) is 11.8 Å². The van der Waals surface area contributed by atoms with Crippen molar-refractivity contribution in [2.45, 2.75) is 44.1 Å². The molecule has 124 valence electrons. The highest BCUT2D eigenvalue weighted by Gasteiger charge is 2.32. The normalized spacial score (nSPS) is 19.2. The Kier molecular flexibility index (Phi) is 6.15. The molecule has 1 N–H and O–H groups in total. The molecule has 23 heavy (non-hydrogen) atoms. The Morgan fingerprint density at radius 3 is 2.87 bits per heavy atom. The number of oxime groups is 1. The van der Waals surface area contributed by atoms with E-state index in [0.29, 0.717) is 36.6 Å². The number of thioether (sulfide) groups is 1. The van der Waals surface area contributed by atoms with Crippen LogP contribution in [-0.2, 0) is 9.63 Å². The minimum Gasteiger partial charge on any atom is -0.511 e. The molecule has 6 nitrogen and oxygen atoms in total. The molecule has 0 saturated heterocycles. The van der Waals surface area contributed by atoms with Gasteiger partial charge in [0, 0.05) is 25.0 Å². The van der Waals surface area contributed by atoms with Gasteiger partial charge in [-0.3, -0.25) is 4.79 Å². The van der Waals surface area contributed by atoms with Crippen molar-refractivity contribution >= 4 is 23.3 Å². The predicted molar refractivity (Wildman–Crippen MR) is 89.8 cm³/mol. The first-order valence-electron chi connectivity index (χ1n) is 7.62. The van der Waals surface area contributed by atoms with Crippen molar-refractivity contribution in [2.75, 3.05) is 12.9 Å². The Morgan fingerprint density at radius 2 is 2.26 bits per heavy atom. The van der Waals surface area contributed by atoms with Crippen LogP contribution in [0.2, 0.25) is 0 Å². The average molecular weight is 335 g/mol. The minimum absolute atomic E-state index is 0.0460. The fourth-order valence-electron chi connectivity index (χ4n) is 2.50. The van der Waals surface area contributed by atoms with Crippen LogP contribution in [0.15, 0.2) is 33.8 Å². The van der Waals surface area contributed by atoms with Gasteiger partial charge in [-0.05, 0) is 25.7 Å². The molecule has 0 radical (unpaired) electrons. The molecular weight excluding hydrogens is 314 g/mol. The summed E-state index contributed by atoms with van der Waals surface area (Å²) in [5.41, 5.74) is 0.782. The molecule has 0 fully saturated rings. The number of aromatic nitrogens is 2. The van der Waals surface area contributed by atoms with Crippen LogP contribution < -0.4 is 0 Å². The Balaban J connectivity index is 2.28. The Labute approximate surface area is 140 Å². The lowest BCUT2D eigenvalue weighted by molar-refractivity contribution is -0.116. The first kappa shape index (κ1) is 17.5. The second kappa shape index (κ2) is 8.10. The summed E-state index contributed by atoms with van der Waals surface area (Å²) in [6, 6.07) is 1.82. The van der Waals surface area contributed by atoms with E-state index in [0.717, 1.165) is 5.03 Å². The monoisotopic (exact) mass is 335 g/mol. The summed E-state index contributed by atoms with van der Waals surface area (Å²) >= 11 is 1.52. The van der Waals surface area contributed by atoms with Gasteiger partial charge < -0.3 is 9.94 Å². The summed E-state index contributed by atoms with van der Waals surface area (Å²) in [4.78, 5) is 26.2. The quantitative estimate of drug-likeness (QED) is 0.372. The van der Waals surface area contributed by atoms with Gasteiger partial charge >= 0.3 is 0 Å². The lowest BCUT2D eigenvalue weighted by Crippen LogP contribution is -2.24. The lowest BCUT2D eigenvalue weighted by atomic mass is 9.84. The molecule has 7 heteroatoms. The summed E-state index contributed by atoms with van der Waals surface area (Å²) in [6.45, 7) is 4.12. The molecule has 1 atom stereocenters. The summed E-state index contributed by atoms with van der Waals surface area (Å²) in [5, 5.41) is 15.2. The van der Waals surface area contributed by atoms with Crippen LogP contribution in [0.4, 0.5) is 0 Å². The fraction of sp³-hybridized carbons (Fsp3) is 0.500. The van der Waals surface area contributed by atoms with Crippen molar-refractivity contribution in [3.8, 4) is 0 Å². The zero-order valence-corrected chi connectivity index (χ0v) is 14.4. The lowest BCUT2D eigenvalue weighted by Gasteiger charge is -2.22. The van der Waals surface area contributed by atoms with E-state index < -0.39 is 0 Å². The molecule has 1 unspecified atom stereocenters. The number of Topliss-reactive ketones (excluding diaryl/α,β-unsaturated/α-hetero) is 1. The van der Waals surface area contributed by atoms with Crippen molar-refractivity contribution in [2.24, 2.45) is 5.16 Å². The van der Waals surface area contributed by atoms with E-state index in [4.69, 9.17) is 4.84 Å². The number of ketones is 1. The molecule has 2 rings (SSSR count). The zero-order valence-electron chi connectivity index (χ0n) is 13.6. The maximum atomic E-state index is 12.5. The topological polar surface area (TPSA) is 84.7 Å². The number of hydrogen-bond acceptors (Lipinski definition) is 7. The van der Waals surface area contributed by atoms with Crippen LogP contribution >= 0.6 is 11.8 Å². The molecule has 0 aromatic carbocycles. The Bertz CT molecular complexity index is 643. The molecule has 1 aromatic rings. The summed E-state index contributed by atoms with van der Waals surface area (Å²) < 4.78 is 0. The number of nitrogens with zero attached hydrogens (tertiary/aromatic N) is 3. The highest BCUT2D eigenvalue weighted by atomic mass is 32.2. The van der Waals surface area contributed by atoms with E-state index in [1.54, 1.807) is 6.20 Å². The first-order chi connectivity index (χ1) is 11.1. The van der Waals surface area contributed by atoms with Crippen molar-refractivity contribution < 1.29 is 14.7 Å². The highest BCUT2D eigenvalue weighted by molar-refractivity contribution is 7.98. The van der Waals surface area contributed by atoms with Crippen LogP contribution in [0, 0.1) is 0 Å². The summed E-state index contributed by atoms with van der Waals surface area (Å²) in [6.07, 6.45) is 4.75. The van der Waals surface area contributed by atoms with E-state index in [9.17, 15) is 9.90 Å². The van der Waals surface area contributed by atoms with Crippen molar-refractivity contribution in [3.63, 3.8) is 0 Å². The van der Waals surface area contributed by atoms with E-state index in [2.05, 4.69) is 15.1 Å². The first-order valence-corrected chi connectivity index (χ1v) is 8.84. The minimum atomic E-state index is -0.205. The van der Waals surface area contributed by atoms with Crippen molar-refractivity contribution in [1.29, 1.82) is 0 Å². The van der Waals surface area contributed by atoms with E-state index >= 15 is 0 Å². The molecular formula is C16H21N3O3S. The van der Waals surface area contributed by atoms with Gasteiger partial charge in [0.15, 0.2) is 5.78 Å². The number of hydrogen-bond donors (Lipinski definition) is 1. The highest BCUT2D eigenvalue weighted by Crippen LogP contribution is 2.33. The Morgan fingerprint density at radius 1 is 1.48 bits per heavy atom. The van der Waals surface area contributed by atoms with Gasteiger partial charge in [-0.1, -0.05) is 12.1 Å². The molecule has 0 amide bonds. The van der Waals surface area contributed by atoms with E-state index in [1.807, 2.05) is 26.2 Å². The number of carbonyl (C=O) groups is 1. The van der Waals surface area contributed by atoms with Crippen molar-refractivity contribution in [1.82, 2.24) is 9.97 Å². The van der Waals surface area contributed by atoms with Gasteiger partial charge in [0.25, 0.3) is 0 Å². The van der Waals surface area contributed by atoms with Crippen LogP contribution in [0.5, 0.6) is 0 Å². The maximum Gasteiger partial charge on any atom is 0.168 e. The molecule has 0 bridgehead atoms. The fourth-order valence-corrected chi connectivity index (χ4v) is 2.88. The van der Waals surface area contributed by atoms with E-state index in [-0.39, 0.29) is 23.9 Å². The van der Waals surface area contributed by atoms with Gasteiger partial charge in [-0.25, -0.2) is 9.97 Å². The second-order valence-electron chi connectivity index (χ2n) is 5.12. The maximum absolute atomic E-state index is 12.5. The number of allylic oxidation sites excluding steroid dienone is 2. The second-order valence-corrected chi connectivity index (χ2v) is 5.94. The van der Waals surface area contributed by atoms with Gasteiger partial charge in [0.1, 0.15) is 18.2 Å². The molecule has 1 aliphatic carbocycles. The molecule has 0 saturated carbocycles. The molecule has 0 aliphatic heterocycles. The average Bonchev–Trinajstić information content (AvgIpc) is 2.57. The molecule has 1 aliphatic rings. The number of rotatable bonds is 6. The summed E-state index contributed by atoms with van der Waals surface area (Å²) in [5.74, 6) is 0.293. The van der Waals surface area contributed by atoms with Crippen LogP contribution in [0.1, 0.15) is 44.9 Å².